The number of anilines is 1. The highest BCUT2D eigenvalue weighted by atomic mass is 16.5. The molecule has 1 aliphatic carbocycles. The van der Waals surface area contributed by atoms with Gasteiger partial charge in [-0.25, -0.2) is 0 Å². The zero-order chi connectivity index (χ0) is 19.7. The molecule has 1 aliphatic rings. The molecule has 5 heteroatoms. The van der Waals surface area contributed by atoms with Crippen molar-refractivity contribution in [1.82, 2.24) is 9.78 Å². The van der Waals surface area contributed by atoms with Gasteiger partial charge in [0.1, 0.15) is 5.70 Å². The molecular weight excluding hydrogens is 348 g/mol. The number of benzene rings is 1. The second kappa shape index (κ2) is 7.66. The SMILES string of the molecule is C=C(Nc1cc2cn(C3CCCCC3)nc2cc1CC)c1cccc(C)[n+]1O. The summed E-state index contributed by atoms with van der Waals surface area (Å²) in [6.07, 6.45) is 9.46. The van der Waals surface area contributed by atoms with Gasteiger partial charge < -0.3 is 5.32 Å². The van der Waals surface area contributed by atoms with Crippen molar-refractivity contribution < 1.29 is 9.94 Å². The van der Waals surface area contributed by atoms with E-state index in [2.05, 4.69) is 41.8 Å². The maximum absolute atomic E-state index is 10.3. The Morgan fingerprint density at radius 3 is 2.82 bits per heavy atom. The van der Waals surface area contributed by atoms with Gasteiger partial charge in [0.25, 0.3) is 5.69 Å². The molecule has 0 saturated heterocycles. The van der Waals surface area contributed by atoms with Crippen molar-refractivity contribution in [1.29, 1.82) is 0 Å². The first-order chi connectivity index (χ1) is 13.6. The van der Waals surface area contributed by atoms with Gasteiger partial charge in [-0.05, 0) is 43.0 Å². The number of hydrogen-bond acceptors (Lipinski definition) is 3. The molecular formula is C23H29N4O+. The number of nitrogens with one attached hydrogen (secondary N) is 1. The largest absolute Gasteiger partial charge is 0.350 e. The summed E-state index contributed by atoms with van der Waals surface area (Å²) in [7, 11) is 0. The van der Waals surface area contributed by atoms with Gasteiger partial charge in [0.2, 0.25) is 5.69 Å². The molecule has 4 rings (SSSR count). The van der Waals surface area contributed by atoms with E-state index in [1.165, 1.54) is 42.4 Å². The summed E-state index contributed by atoms with van der Waals surface area (Å²) in [5.41, 5.74) is 5.34. The van der Waals surface area contributed by atoms with E-state index in [1.54, 1.807) is 0 Å². The number of aromatic nitrogens is 3. The van der Waals surface area contributed by atoms with Crippen LogP contribution in [0.5, 0.6) is 0 Å². The number of hydrogen-bond donors (Lipinski definition) is 2. The summed E-state index contributed by atoms with van der Waals surface area (Å²) >= 11 is 0. The molecule has 0 bridgehead atoms. The van der Waals surface area contributed by atoms with E-state index in [0.29, 0.717) is 17.4 Å². The average molecular weight is 378 g/mol. The standard InChI is InChI=1S/C23H29N4O/c1-4-18-13-22-19(15-26(25-22)20-10-6-5-7-11-20)14-21(18)24-17(3)23-12-8-9-16(2)27(23)28/h8-9,12-15,20,24,28H,3-7,10-11H2,1-2H3/q+1. The van der Waals surface area contributed by atoms with E-state index in [1.807, 2.05) is 25.1 Å². The van der Waals surface area contributed by atoms with Crippen LogP contribution in [0.15, 0.2) is 43.1 Å². The van der Waals surface area contributed by atoms with Gasteiger partial charge in [-0.3, -0.25) is 9.89 Å². The molecule has 2 N–H and O–H groups in total. The lowest BCUT2D eigenvalue weighted by molar-refractivity contribution is -0.910. The van der Waals surface area contributed by atoms with Crippen molar-refractivity contribution in [2.45, 2.75) is 58.4 Å². The molecule has 5 nitrogen and oxygen atoms in total. The lowest BCUT2D eigenvalue weighted by Gasteiger charge is -2.21. The van der Waals surface area contributed by atoms with Crippen LogP contribution in [0, 0.1) is 6.92 Å². The number of nitrogens with zero attached hydrogens (tertiary/aromatic N) is 3. The van der Waals surface area contributed by atoms with Crippen molar-refractivity contribution in [3.63, 3.8) is 0 Å². The van der Waals surface area contributed by atoms with Crippen LogP contribution in [0.25, 0.3) is 16.6 Å². The van der Waals surface area contributed by atoms with E-state index in [4.69, 9.17) is 5.10 Å². The van der Waals surface area contributed by atoms with E-state index in [0.717, 1.165) is 28.7 Å². The third kappa shape index (κ3) is 3.49. The fraction of sp³-hybridized carbons (Fsp3) is 0.391. The fourth-order valence-electron chi connectivity index (χ4n) is 4.14. The van der Waals surface area contributed by atoms with E-state index in [9.17, 15) is 5.21 Å². The van der Waals surface area contributed by atoms with Gasteiger partial charge in [0.05, 0.1) is 11.6 Å². The average Bonchev–Trinajstić information content (AvgIpc) is 3.13. The van der Waals surface area contributed by atoms with Gasteiger partial charge >= 0.3 is 0 Å². The van der Waals surface area contributed by atoms with Crippen molar-refractivity contribution in [3.05, 3.63) is 60.1 Å². The highest BCUT2D eigenvalue weighted by Crippen LogP contribution is 2.31. The topological polar surface area (TPSA) is 54.0 Å². The summed E-state index contributed by atoms with van der Waals surface area (Å²) in [5.74, 6) is 0. The van der Waals surface area contributed by atoms with Crippen LogP contribution in [0.3, 0.4) is 0 Å². The molecule has 0 aliphatic heterocycles. The second-order valence-electron chi connectivity index (χ2n) is 7.79. The molecule has 0 amide bonds. The van der Waals surface area contributed by atoms with Crippen LogP contribution in [-0.2, 0) is 6.42 Å². The summed E-state index contributed by atoms with van der Waals surface area (Å²) in [4.78, 5) is 0. The van der Waals surface area contributed by atoms with Crippen LogP contribution >= 0.6 is 0 Å². The first-order valence-electron chi connectivity index (χ1n) is 10.3. The fourth-order valence-corrected chi connectivity index (χ4v) is 4.14. The maximum atomic E-state index is 10.3. The van der Waals surface area contributed by atoms with Gasteiger partial charge in [0, 0.05) is 41.1 Å². The Balaban J connectivity index is 1.66. The van der Waals surface area contributed by atoms with Crippen LogP contribution in [-0.4, -0.2) is 15.0 Å². The van der Waals surface area contributed by atoms with Crippen molar-refractivity contribution in [2.75, 3.05) is 5.32 Å². The normalized spacial score (nSPS) is 15.1. The predicted molar refractivity (Wildman–Crippen MR) is 112 cm³/mol. The molecule has 3 aromatic rings. The van der Waals surface area contributed by atoms with Crippen LogP contribution in [0.2, 0.25) is 0 Å². The van der Waals surface area contributed by atoms with Crippen LogP contribution < -0.4 is 10.0 Å². The minimum atomic E-state index is 0.526. The minimum absolute atomic E-state index is 0.526. The molecule has 146 valence electrons. The van der Waals surface area contributed by atoms with E-state index in [-0.39, 0.29) is 0 Å². The molecule has 0 unspecified atom stereocenters. The zero-order valence-corrected chi connectivity index (χ0v) is 16.8. The molecule has 2 heterocycles. The number of fused-ring (bicyclic) bond motifs is 1. The Labute approximate surface area is 166 Å². The van der Waals surface area contributed by atoms with Gasteiger partial charge in [0.15, 0.2) is 0 Å². The summed E-state index contributed by atoms with van der Waals surface area (Å²) in [5, 5.41) is 19.7. The lowest BCUT2D eigenvalue weighted by atomic mass is 9.96. The number of pyridine rings is 1. The third-order valence-corrected chi connectivity index (χ3v) is 5.83. The Hall–Kier alpha value is -2.82. The van der Waals surface area contributed by atoms with Crippen molar-refractivity contribution in [2.24, 2.45) is 0 Å². The Morgan fingerprint density at radius 2 is 2.07 bits per heavy atom. The summed E-state index contributed by atoms with van der Waals surface area (Å²) in [6.45, 7) is 8.15. The maximum Gasteiger partial charge on any atom is 0.280 e. The Morgan fingerprint density at radius 1 is 1.29 bits per heavy atom. The zero-order valence-electron chi connectivity index (χ0n) is 16.8. The number of aryl methyl sites for hydroxylation is 2. The highest BCUT2D eigenvalue weighted by molar-refractivity contribution is 5.86. The molecule has 1 saturated carbocycles. The third-order valence-electron chi connectivity index (χ3n) is 5.83. The van der Waals surface area contributed by atoms with E-state index < -0.39 is 0 Å². The van der Waals surface area contributed by atoms with Crippen molar-refractivity contribution >= 4 is 22.3 Å². The lowest BCUT2D eigenvalue weighted by Crippen LogP contribution is -2.38. The van der Waals surface area contributed by atoms with E-state index >= 15 is 0 Å². The molecule has 0 spiro atoms. The van der Waals surface area contributed by atoms with Gasteiger partial charge in [-0.15, -0.1) is 0 Å². The monoisotopic (exact) mass is 377 g/mol. The predicted octanol–water partition coefficient (Wildman–Crippen LogP) is 5.02. The first-order valence-corrected chi connectivity index (χ1v) is 10.3. The molecule has 2 aromatic heterocycles. The summed E-state index contributed by atoms with van der Waals surface area (Å²) < 4.78 is 3.34. The van der Waals surface area contributed by atoms with Crippen LogP contribution in [0.4, 0.5) is 5.69 Å². The Kier molecular flexibility index (Phi) is 5.07. The molecule has 0 atom stereocenters. The van der Waals surface area contributed by atoms with Crippen molar-refractivity contribution in [3.8, 4) is 0 Å². The van der Waals surface area contributed by atoms with Gasteiger partial charge in [-0.2, -0.15) is 5.10 Å². The molecule has 0 radical (unpaired) electrons. The first kappa shape index (κ1) is 18.5. The molecule has 28 heavy (non-hydrogen) atoms. The smallest absolute Gasteiger partial charge is 0.280 e. The molecule has 1 fully saturated rings. The molecule has 1 aromatic carbocycles. The minimum Gasteiger partial charge on any atom is -0.350 e. The Bertz CT molecular complexity index is 1010. The highest BCUT2D eigenvalue weighted by Gasteiger charge is 2.19. The summed E-state index contributed by atoms with van der Waals surface area (Å²) in [6, 6.07) is 10.5. The quantitative estimate of drug-likeness (QED) is 0.485. The van der Waals surface area contributed by atoms with Gasteiger partial charge in [-0.1, -0.05) is 32.8 Å². The second-order valence-corrected chi connectivity index (χ2v) is 7.79. The van der Waals surface area contributed by atoms with Crippen LogP contribution in [0.1, 0.15) is 62.0 Å². The number of rotatable bonds is 5.